The van der Waals surface area contributed by atoms with E-state index < -0.39 is 5.97 Å². The first-order chi connectivity index (χ1) is 9.15. The molecule has 5 heteroatoms. The van der Waals surface area contributed by atoms with E-state index in [1.165, 1.54) is 0 Å². The van der Waals surface area contributed by atoms with Crippen LogP contribution in [0, 0.1) is 0 Å². The number of rotatable bonds is 8. The molecule has 1 rings (SSSR count). The predicted molar refractivity (Wildman–Crippen MR) is 74.2 cm³/mol. The molecule has 1 aromatic rings. The fourth-order valence-electron chi connectivity index (χ4n) is 1.77. The van der Waals surface area contributed by atoms with Crippen LogP contribution in [0.15, 0.2) is 30.3 Å². The van der Waals surface area contributed by atoms with Gasteiger partial charge in [0, 0.05) is 18.7 Å². The van der Waals surface area contributed by atoms with Crippen LogP contribution in [-0.2, 0) is 9.59 Å². The molecule has 0 saturated carbocycles. The van der Waals surface area contributed by atoms with Gasteiger partial charge in [-0.1, -0.05) is 18.2 Å². The number of hydrogen-bond donors (Lipinski definition) is 2. The van der Waals surface area contributed by atoms with Crippen LogP contribution in [0.5, 0.6) is 0 Å². The standard InChI is InChI=1S/C14H20N2O3/c1-2-16(12-7-4-3-5-8-12)13(17)11-15-10-6-9-14(18)19/h3-5,7-8,15H,2,6,9-11H2,1H3,(H,18,19). The molecule has 0 aliphatic carbocycles. The number of hydrogen-bond acceptors (Lipinski definition) is 3. The SMILES string of the molecule is CCN(C(=O)CNCCCC(=O)O)c1ccccc1. The Labute approximate surface area is 113 Å². The molecule has 0 heterocycles. The van der Waals surface area contributed by atoms with Gasteiger partial charge in [-0.15, -0.1) is 0 Å². The normalized spacial score (nSPS) is 10.2. The minimum absolute atomic E-state index is 0.0102. The highest BCUT2D eigenvalue weighted by Crippen LogP contribution is 2.12. The van der Waals surface area contributed by atoms with Crippen molar-refractivity contribution in [2.45, 2.75) is 19.8 Å². The number of carboxylic acids is 1. The number of para-hydroxylation sites is 1. The topological polar surface area (TPSA) is 69.6 Å². The molecule has 0 saturated heterocycles. The van der Waals surface area contributed by atoms with E-state index in [0.29, 0.717) is 19.5 Å². The predicted octanol–water partition coefficient (Wildman–Crippen LogP) is 1.49. The van der Waals surface area contributed by atoms with E-state index in [0.717, 1.165) is 5.69 Å². The van der Waals surface area contributed by atoms with Crippen LogP contribution in [0.25, 0.3) is 0 Å². The number of nitrogens with zero attached hydrogens (tertiary/aromatic N) is 1. The average Bonchev–Trinajstić information content (AvgIpc) is 2.40. The van der Waals surface area contributed by atoms with Crippen molar-refractivity contribution in [1.82, 2.24) is 5.32 Å². The van der Waals surface area contributed by atoms with Gasteiger partial charge >= 0.3 is 5.97 Å². The fourth-order valence-corrected chi connectivity index (χ4v) is 1.77. The number of nitrogens with one attached hydrogen (secondary N) is 1. The molecule has 0 aliphatic rings. The average molecular weight is 264 g/mol. The Morgan fingerprint density at radius 1 is 1.26 bits per heavy atom. The number of aliphatic carboxylic acids is 1. The quantitative estimate of drug-likeness (QED) is 0.698. The smallest absolute Gasteiger partial charge is 0.303 e. The van der Waals surface area contributed by atoms with E-state index in [9.17, 15) is 9.59 Å². The third kappa shape index (κ3) is 5.52. The van der Waals surface area contributed by atoms with Crippen LogP contribution in [0.1, 0.15) is 19.8 Å². The highest BCUT2D eigenvalue weighted by molar-refractivity contribution is 5.94. The summed E-state index contributed by atoms with van der Waals surface area (Å²) >= 11 is 0. The third-order valence-electron chi connectivity index (χ3n) is 2.71. The second-order valence-electron chi connectivity index (χ2n) is 4.15. The van der Waals surface area contributed by atoms with Crippen molar-refractivity contribution < 1.29 is 14.7 Å². The van der Waals surface area contributed by atoms with Crippen molar-refractivity contribution in [3.8, 4) is 0 Å². The molecule has 0 bridgehead atoms. The van der Waals surface area contributed by atoms with Crippen LogP contribution in [0.3, 0.4) is 0 Å². The van der Waals surface area contributed by atoms with E-state index in [1.807, 2.05) is 37.3 Å². The number of amides is 1. The fraction of sp³-hybridized carbons (Fsp3) is 0.429. The first-order valence-corrected chi connectivity index (χ1v) is 6.43. The Bertz CT molecular complexity index is 406. The summed E-state index contributed by atoms with van der Waals surface area (Å²) in [4.78, 5) is 24.1. The summed E-state index contributed by atoms with van der Waals surface area (Å²) in [5.74, 6) is -0.823. The van der Waals surface area contributed by atoms with Crippen LogP contribution in [0.2, 0.25) is 0 Å². The lowest BCUT2D eigenvalue weighted by Gasteiger charge is -2.21. The van der Waals surface area contributed by atoms with Gasteiger partial charge in [-0.25, -0.2) is 0 Å². The summed E-state index contributed by atoms with van der Waals surface area (Å²) in [6, 6.07) is 9.49. The van der Waals surface area contributed by atoms with Crippen molar-refractivity contribution in [3.05, 3.63) is 30.3 Å². The molecule has 1 amide bonds. The van der Waals surface area contributed by atoms with Crippen LogP contribution >= 0.6 is 0 Å². The Morgan fingerprint density at radius 2 is 1.95 bits per heavy atom. The van der Waals surface area contributed by atoms with E-state index >= 15 is 0 Å². The molecule has 0 unspecified atom stereocenters. The minimum Gasteiger partial charge on any atom is -0.481 e. The molecule has 104 valence electrons. The van der Waals surface area contributed by atoms with Crippen molar-refractivity contribution in [1.29, 1.82) is 0 Å². The monoisotopic (exact) mass is 264 g/mol. The summed E-state index contributed by atoms with van der Waals surface area (Å²) in [5.41, 5.74) is 0.877. The zero-order valence-electron chi connectivity index (χ0n) is 11.1. The van der Waals surface area contributed by atoms with Gasteiger partial charge in [0.05, 0.1) is 6.54 Å². The van der Waals surface area contributed by atoms with Gasteiger partial charge in [-0.05, 0) is 32.0 Å². The first kappa shape index (κ1) is 15.2. The maximum Gasteiger partial charge on any atom is 0.303 e. The Kier molecular flexibility index (Phi) is 6.60. The molecule has 0 spiro atoms. The molecule has 0 radical (unpaired) electrons. The molecule has 0 atom stereocenters. The number of carbonyl (C=O) groups excluding carboxylic acids is 1. The third-order valence-corrected chi connectivity index (χ3v) is 2.71. The summed E-state index contributed by atoms with van der Waals surface area (Å²) in [6.45, 7) is 3.29. The largest absolute Gasteiger partial charge is 0.481 e. The molecule has 1 aromatic carbocycles. The molecule has 0 fully saturated rings. The maximum absolute atomic E-state index is 12.0. The highest BCUT2D eigenvalue weighted by atomic mass is 16.4. The van der Waals surface area contributed by atoms with Crippen LogP contribution < -0.4 is 10.2 Å². The van der Waals surface area contributed by atoms with Crippen LogP contribution in [-0.4, -0.2) is 36.6 Å². The zero-order valence-corrected chi connectivity index (χ0v) is 11.1. The second-order valence-corrected chi connectivity index (χ2v) is 4.15. The Balaban J connectivity index is 2.37. The number of likely N-dealkylation sites (N-methyl/N-ethyl adjacent to an activating group) is 1. The van der Waals surface area contributed by atoms with Crippen molar-refractivity contribution in [2.75, 3.05) is 24.5 Å². The molecule has 0 aliphatic heterocycles. The number of benzene rings is 1. The molecule has 19 heavy (non-hydrogen) atoms. The summed E-state index contributed by atoms with van der Waals surface area (Å²) in [7, 11) is 0. The van der Waals surface area contributed by atoms with Crippen molar-refractivity contribution in [2.24, 2.45) is 0 Å². The Morgan fingerprint density at radius 3 is 2.53 bits per heavy atom. The van der Waals surface area contributed by atoms with E-state index in [2.05, 4.69) is 5.32 Å². The van der Waals surface area contributed by atoms with Gasteiger partial charge in [-0.3, -0.25) is 9.59 Å². The van der Waals surface area contributed by atoms with Crippen LogP contribution in [0.4, 0.5) is 5.69 Å². The van der Waals surface area contributed by atoms with E-state index in [4.69, 9.17) is 5.11 Å². The van der Waals surface area contributed by atoms with E-state index in [-0.39, 0.29) is 18.9 Å². The van der Waals surface area contributed by atoms with Gasteiger partial charge in [0.1, 0.15) is 0 Å². The maximum atomic E-state index is 12.0. The molecule has 0 aromatic heterocycles. The van der Waals surface area contributed by atoms with E-state index in [1.54, 1.807) is 4.90 Å². The van der Waals surface area contributed by atoms with Gasteiger partial charge in [0.25, 0.3) is 0 Å². The van der Waals surface area contributed by atoms with Gasteiger partial charge in [-0.2, -0.15) is 0 Å². The summed E-state index contributed by atoms with van der Waals surface area (Å²) in [6.07, 6.45) is 0.650. The molecule has 5 nitrogen and oxygen atoms in total. The number of carboxylic acid groups (broad SMARTS) is 1. The molecule has 2 N–H and O–H groups in total. The summed E-state index contributed by atoms with van der Waals surface area (Å²) in [5, 5.41) is 11.5. The molecular formula is C14H20N2O3. The number of anilines is 1. The zero-order chi connectivity index (χ0) is 14.1. The van der Waals surface area contributed by atoms with Crippen molar-refractivity contribution >= 4 is 17.6 Å². The second kappa shape index (κ2) is 8.26. The lowest BCUT2D eigenvalue weighted by molar-refractivity contribution is -0.137. The van der Waals surface area contributed by atoms with Gasteiger partial charge < -0.3 is 15.3 Å². The highest BCUT2D eigenvalue weighted by Gasteiger charge is 2.12. The number of carbonyl (C=O) groups is 2. The van der Waals surface area contributed by atoms with Gasteiger partial charge in [0.2, 0.25) is 5.91 Å². The lowest BCUT2D eigenvalue weighted by Crippen LogP contribution is -2.38. The minimum atomic E-state index is -0.812. The first-order valence-electron chi connectivity index (χ1n) is 6.43. The van der Waals surface area contributed by atoms with Crippen molar-refractivity contribution in [3.63, 3.8) is 0 Å². The Hall–Kier alpha value is -1.88. The lowest BCUT2D eigenvalue weighted by atomic mass is 10.2. The summed E-state index contributed by atoms with van der Waals surface area (Å²) < 4.78 is 0. The molecular weight excluding hydrogens is 244 g/mol. The van der Waals surface area contributed by atoms with Gasteiger partial charge in [0.15, 0.2) is 0 Å².